The van der Waals surface area contributed by atoms with Crippen LogP contribution < -0.4 is 0 Å². The number of esters is 2. The van der Waals surface area contributed by atoms with Gasteiger partial charge in [0.15, 0.2) is 6.10 Å². The lowest BCUT2D eigenvalue weighted by Crippen LogP contribution is -2.28. The van der Waals surface area contributed by atoms with Gasteiger partial charge in [0.25, 0.3) is 0 Å². The molecule has 0 heterocycles. The van der Waals surface area contributed by atoms with E-state index in [0.717, 1.165) is 83.5 Å². The minimum Gasteiger partial charge on any atom is -0.462 e. The van der Waals surface area contributed by atoms with Gasteiger partial charge in [0, 0.05) is 12.8 Å². The highest BCUT2D eigenvalue weighted by atomic mass is 16.6. The molecular formula is C59H96O5. The predicted molar refractivity (Wildman–Crippen MR) is 278 cm³/mol. The summed E-state index contributed by atoms with van der Waals surface area (Å²) >= 11 is 0. The van der Waals surface area contributed by atoms with Gasteiger partial charge >= 0.3 is 11.9 Å². The second kappa shape index (κ2) is 53.6. The molecule has 0 aromatic heterocycles. The fourth-order valence-corrected chi connectivity index (χ4v) is 6.93. The number of carbonyl (C=O) groups is 2. The van der Waals surface area contributed by atoms with E-state index in [4.69, 9.17) is 9.47 Å². The Hall–Kier alpha value is -3.70. The molecule has 0 amide bonds. The summed E-state index contributed by atoms with van der Waals surface area (Å²) in [4.78, 5) is 24.3. The van der Waals surface area contributed by atoms with E-state index in [1.54, 1.807) is 0 Å². The SMILES string of the molecule is CC/C=C\C/C=C\C/C=C\C/C=C\C/C=C\C/C=C\CCCCCCCCCCCCCCCCCCCCC(=O)OC(CO)COC(=O)CC/C=C\C/C=C\C/C=C\C/C=C\CC. The smallest absolute Gasteiger partial charge is 0.306 e. The number of aliphatic hydroxyl groups excluding tert-OH is 1. The van der Waals surface area contributed by atoms with Crippen LogP contribution in [-0.4, -0.2) is 36.4 Å². The number of hydrogen-bond acceptors (Lipinski definition) is 5. The maximum absolute atomic E-state index is 12.2. The lowest BCUT2D eigenvalue weighted by Gasteiger charge is -2.15. The molecule has 0 aliphatic heterocycles. The predicted octanol–water partition coefficient (Wildman–Crippen LogP) is 17.5. The standard InChI is InChI=1S/C59H96O5/c1-3-5-7-9-11-13-15-17-18-19-20-21-22-23-24-25-26-27-28-29-30-31-32-33-34-35-36-37-38-39-40-42-44-46-48-50-52-54-59(62)64-57(55-60)56-63-58(61)53-51-49-47-45-43-41-16-14-12-10-8-6-4-2/h5-8,11-14,17-18,20-21,23-24,26-27,41,43,47,49,57,60H,3-4,9-10,15-16,19,22,25,28-40,42,44-46,48,50-56H2,1-2H3/b7-5-,8-6-,13-11-,14-12-,18-17-,21-20-,24-23-,27-26-,43-41-,49-47-. The van der Waals surface area contributed by atoms with Crippen molar-refractivity contribution in [2.24, 2.45) is 0 Å². The second-order valence-corrected chi connectivity index (χ2v) is 16.8. The van der Waals surface area contributed by atoms with Crippen LogP contribution in [0.1, 0.15) is 219 Å². The van der Waals surface area contributed by atoms with Gasteiger partial charge < -0.3 is 14.6 Å². The Kier molecular flexibility index (Phi) is 50.5. The first kappa shape index (κ1) is 60.3. The number of aliphatic hydroxyl groups is 1. The summed E-state index contributed by atoms with van der Waals surface area (Å²) in [5.41, 5.74) is 0. The molecule has 0 radical (unpaired) electrons. The van der Waals surface area contributed by atoms with Gasteiger partial charge in [-0.15, -0.1) is 0 Å². The molecule has 1 unspecified atom stereocenters. The van der Waals surface area contributed by atoms with Crippen molar-refractivity contribution < 1.29 is 24.2 Å². The quantitative estimate of drug-likeness (QED) is 0.0375. The van der Waals surface area contributed by atoms with Crippen LogP contribution in [0, 0.1) is 0 Å². The number of rotatable bonds is 46. The summed E-state index contributed by atoms with van der Waals surface area (Å²) in [6, 6.07) is 0. The Morgan fingerprint density at radius 2 is 0.656 bits per heavy atom. The first-order chi connectivity index (χ1) is 31.6. The summed E-state index contributed by atoms with van der Waals surface area (Å²) in [5, 5.41) is 9.59. The van der Waals surface area contributed by atoms with E-state index in [1.807, 2.05) is 12.2 Å². The van der Waals surface area contributed by atoms with Crippen LogP contribution in [0.3, 0.4) is 0 Å². The third-order valence-electron chi connectivity index (χ3n) is 10.8. The number of carbonyl (C=O) groups excluding carboxylic acids is 2. The second-order valence-electron chi connectivity index (χ2n) is 16.8. The molecule has 0 saturated carbocycles. The minimum atomic E-state index is -0.806. The summed E-state index contributed by atoms with van der Waals surface area (Å²) in [5.74, 6) is -0.688. The fraction of sp³-hybridized carbons (Fsp3) is 0.627. The van der Waals surface area contributed by atoms with E-state index >= 15 is 0 Å². The molecule has 0 bridgehead atoms. The first-order valence-electron chi connectivity index (χ1n) is 26.1. The molecule has 0 spiro atoms. The highest BCUT2D eigenvalue weighted by molar-refractivity contribution is 5.70. The molecule has 0 aromatic rings. The lowest BCUT2D eigenvalue weighted by atomic mass is 10.0. The molecule has 0 fully saturated rings. The van der Waals surface area contributed by atoms with Gasteiger partial charge in [-0.05, 0) is 89.9 Å². The van der Waals surface area contributed by atoms with Crippen LogP contribution in [0.5, 0.6) is 0 Å². The monoisotopic (exact) mass is 885 g/mol. The largest absolute Gasteiger partial charge is 0.462 e. The number of ether oxygens (including phenoxy) is 2. The highest BCUT2D eigenvalue weighted by Crippen LogP contribution is 2.15. The van der Waals surface area contributed by atoms with Crippen molar-refractivity contribution in [2.45, 2.75) is 225 Å². The third kappa shape index (κ3) is 50.9. The van der Waals surface area contributed by atoms with E-state index in [2.05, 4.69) is 123 Å². The molecule has 362 valence electrons. The number of hydrogen-bond donors (Lipinski definition) is 1. The lowest BCUT2D eigenvalue weighted by molar-refractivity contribution is -0.161. The summed E-state index contributed by atoms with van der Waals surface area (Å²) in [6.07, 6.45) is 79.0. The van der Waals surface area contributed by atoms with Crippen LogP contribution in [0.2, 0.25) is 0 Å². The molecule has 0 saturated heterocycles. The highest BCUT2D eigenvalue weighted by Gasteiger charge is 2.16. The molecule has 0 aromatic carbocycles. The van der Waals surface area contributed by atoms with Gasteiger partial charge in [0.05, 0.1) is 6.61 Å². The van der Waals surface area contributed by atoms with Gasteiger partial charge in [-0.3, -0.25) is 9.59 Å². The Morgan fingerprint density at radius 3 is 1.00 bits per heavy atom. The van der Waals surface area contributed by atoms with Crippen LogP contribution in [-0.2, 0) is 19.1 Å². The van der Waals surface area contributed by atoms with E-state index in [-0.39, 0.29) is 31.6 Å². The van der Waals surface area contributed by atoms with E-state index in [9.17, 15) is 14.7 Å². The summed E-state index contributed by atoms with van der Waals surface area (Å²) < 4.78 is 10.6. The maximum Gasteiger partial charge on any atom is 0.306 e. The van der Waals surface area contributed by atoms with Gasteiger partial charge in [0.2, 0.25) is 0 Å². The van der Waals surface area contributed by atoms with Crippen LogP contribution in [0.4, 0.5) is 0 Å². The van der Waals surface area contributed by atoms with Gasteiger partial charge in [0.1, 0.15) is 6.61 Å². The molecule has 5 nitrogen and oxygen atoms in total. The van der Waals surface area contributed by atoms with Crippen molar-refractivity contribution in [3.8, 4) is 0 Å². The van der Waals surface area contributed by atoms with Crippen LogP contribution in [0.15, 0.2) is 122 Å². The Balaban J connectivity index is 3.51. The third-order valence-corrected chi connectivity index (χ3v) is 10.8. The zero-order valence-electron chi connectivity index (χ0n) is 41.2. The van der Waals surface area contributed by atoms with Crippen molar-refractivity contribution in [1.82, 2.24) is 0 Å². The molecule has 0 aliphatic rings. The van der Waals surface area contributed by atoms with Crippen molar-refractivity contribution in [3.05, 3.63) is 122 Å². The van der Waals surface area contributed by atoms with E-state index < -0.39 is 6.10 Å². The van der Waals surface area contributed by atoms with E-state index in [0.29, 0.717) is 12.8 Å². The number of unbranched alkanes of at least 4 members (excludes halogenated alkanes) is 18. The molecule has 1 atom stereocenters. The average Bonchev–Trinajstić information content (AvgIpc) is 3.30. The van der Waals surface area contributed by atoms with Crippen molar-refractivity contribution in [1.29, 1.82) is 0 Å². The zero-order chi connectivity index (χ0) is 46.3. The molecule has 0 rings (SSSR count). The first-order valence-corrected chi connectivity index (χ1v) is 26.1. The average molecular weight is 885 g/mol. The van der Waals surface area contributed by atoms with Crippen molar-refractivity contribution >= 4 is 11.9 Å². The van der Waals surface area contributed by atoms with E-state index in [1.165, 1.54) is 103 Å². The van der Waals surface area contributed by atoms with Crippen molar-refractivity contribution in [3.63, 3.8) is 0 Å². The molecular weight excluding hydrogens is 789 g/mol. The van der Waals surface area contributed by atoms with Gasteiger partial charge in [-0.2, -0.15) is 0 Å². The Labute approximate surface area is 394 Å². The summed E-state index contributed by atoms with van der Waals surface area (Å²) in [7, 11) is 0. The van der Waals surface area contributed by atoms with Gasteiger partial charge in [-0.1, -0.05) is 238 Å². The fourth-order valence-electron chi connectivity index (χ4n) is 6.93. The number of allylic oxidation sites excluding steroid dienone is 20. The van der Waals surface area contributed by atoms with Crippen molar-refractivity contribution in [2.75, 3.05) is 13.2 Å². The van der Waals surface area contributed by atoms with Crippen LogP contribution in [0.25, 0.3) is 0 Å². The minimum absolute atomic E-state index is 0.108. The van der Waals surface area contributed by atoms with Gasteiger partial charge in [-0.25, -0.2) is 0 Å². The Bertz CT molecular complexity index is 1320. The molecule has 0 aliphatic carbocycles. The van der Waals surface area contributed by atoms with Crippen LogP contribution >= 0.6 is 0 Å². The Morgan fingerprint density at radius 1 is 0.359 bits per heavy atom. The molecule has 64 heavy (non-hydrogen) atoms. The zero-order valence-corrected chi connectivity index (χ0v) is 41.2. The topological polar surface area (TPSA) is 72.8 Å². The molecule has 5 heteroatoms. The summed E-state index contributed by atoms with van der Waals surface area (Å²) in [6.45, 7) is 3.84. The maximum atomic E-state index is 12.2. The molecule has 1 N–H and O–H groups in total. The normalized spacial score (nSPS) is 13.2.